The fourth-order valence-corrected chi connectivity index (χ4v) is 3.06. The lowest BCUT2D eigenvalue weighted by Crippen LogP contribution is -2.38. The Labute approximate surface area is 130 Å². The van der Waals surface area contributed by atoms with E-state index in [2.05, 4.69) is 44.4 Å². The molecule has 1 aromatic carbocycles. The van der Waals surface area contributed by atoms with Crippen LogP contribution in [0.3, 0.4) is 0 Å². The number of benzene rings is 1. The van der Waals surface area contributed by atoms with Gasteiger partial charge in [-0.05, 0) is 29.0 Å². The van der Waals surface area contributed by atoms with Gasteiger partial charge in [-0.15, -0.1) is 0 Å². The molecule has 1 aliphatic rings. The number of hydrogen-bond donors (Lipinski definition) is 2. The first kappa shape index (κ1) is 15.9. The van der Waals surface area contributed by atoms with Crippen molar-refractivity contribution in [2.75, 3.05) is 11.1 Å². The van der Waals surface area contributed by atoms with Crippen molar-refractivity contribution in [3.8, 4) is 0 Å². The van der Waals surface area contributed by atoms with E-state index in [9.17, 15) is 9.59 Å². The molecule has 0 aliphatic carbocycles. The van der Waals surface area contributed by atoms with Crippen LogP contribution in [0.1, 0.15) is 50.7 Å². The molecule has 0 unspecified atom stereocenters. The van der Waals surface area contributed by atoms with Gasteiger partial charge in [0, 0.05) is 11.4 Å². The number of rotatable bonds is 4. The summed E-state index contributed by atoms with van der Waals surface area (Å²) in [6.07, 6.45) is 0. The number of anilines is 1. The summed E-state index contributed by atoms with van der Waals surface area (Å²) < 4.78 is 0. The third-order valence-electron chi connectivity index (χ3n) is 3.61. The van der Waals surface area contributed by atoms with Crippen LogP contribution in [0, 0.1) is 0 Å². The van der Waals surface area contributed by atoms with Gasteiger partial charge in [-0.3, -0.25) is 9.59 Å². The van der Waals surface area contributed by atoms with Crippen molar-refractivity contribution in [3.63, 3.8) is 0 Å². The van der Waals surface area contributed by atoms with E-state index in [0.29, 0.717) is 17.6 Å². The van der Waals surface area contributed by atoms with E-state index in [0.717, 1.165) is 23.0 Å². The molecule has 1 atom stereocenters. The molecular weight excluding hydrogens is 284 g/mol. The second kappa shape index (κ2) is 6.52. The molecule has 0 saturated carbocycles. The fraction of sp³-hybridized carbons (Fsp3) is 0.500. The van der Waals surface area contributed by atoms with Gasteiger partial charge >= 0.3 is 0 Å². The number of carbonyl (C=O) groups excluding carboxylic acids is 2. The van der Waals surface area contributed by atoms with E-state index in [1.807, 2.05) is 12.1 Å². The zero-order valence-corrected chi connectivity index (χ0v) is 13.7. The minimum absolute atomic E-state index is 0.130. The van der Waals surface area contributed by atoms with Crippen molar-refractivity contribution in [3.05, 3.63) is 29.3 Å². The monoisotopic (exact) mass is 306 g/mol. The van der Waals surface area contributed by atoms with Crippen LogP contribution in [0.2, 0.25) is 0 Å². The summed E-state index contributed by atoms with van der Waals surface area (Å²) in [4.78, 5) is 23.4. The molecular formula is C16H22N2O2S. The van der Waals surface area contributed by atoms with E-state index in [1.165, 1.54) is 5.56 Å². The fourth-order valence-electron chi connectivity index (χ4n) is 2.28. The number of hydrogen-bond acceptors (Lipinski definition) is 3. The van der Waals surface area contributed by atoms with Gasteiger partial charge in [0.1, 0.15) is 6.04 Å². The highest BCUT2D eigenvalue weighted by molar-refractivity contribution is 8.14. The molecule has 2 amide bonds. The van der Waals surface area contributed by atoms with E-state index < -0.39 is 6.04 Å². The zero-order chi connectivity index (χ0) is 15.6. The van der Waals surface area contributed by atoms with Crippen LogP contribution in [-0.2, 0) is 4.79 Å². The zero-order valence-electron chi connectivity index (χ0n) is 12.9. The molecule has 2 rings (SSSR count). The average molecular weight is 306 g/mol. The first-order chi connectivity index (χ1) is 9.88. The van der Waals surface area contributed by atoms with Crippen LogP contribution in [0.4, 0.5) is 10.5 Å². The quantitative estimate of drug-likeness (QED) is 0.892. The molecule has 114 valence electrons. The Morgan fingerprint density at radius 3 is 2.52 bits per heavy atom. The third kappa shape index (κ3) is 3.79. The van der Waals surface area contributed by atoms with Crippen LogP contribution < -0.4 is 10.6 Å². The van der Waals surface area contributed by atoms with E-state index in [-0.39, 0.29) is 11.1 Å². The van der Waals surface area contributed by atoms with Crippen molar-refractivity contribution in [1.82, 2.24) is 5.32 Å². The largest absolute Gasteiger partial charge is 0.334 e. The molecule has 1 heterocycles. The van der Waals surface area contributed by atoms with Crippen LogP contribution in [0.15, 0.2) is 18.2 Å². The Balaban J connectivity index is 2.19. The standard InChI is InChI=1S/C16H22N2O2S/c1-9(2)11-5-6-13(12(7-11)10(3)4)17-15(19)14-8-21-16(20)18-14/h5-7,9-10,14H,8H2,1-4H3,(H,17,19)(H,18,20)/t14-/m0/s1. The lowest BCUT2D eigenvalue weighted by atomic mass is 9.94. The SMILES string of the molecule is CC(C)c1ccc(NC(=O)[C@@H]2CSC(=O)N2)c(C(C)C)c1. The normalized spacial score (nSPS) is 18.2. The molecule has 1 fully saturated rings. The minimum Gasteiger partial charge on any atom is -0.334 e. The summed E-state index contributed by atoms with van der Waals surface area (Å²) in [6.45, 7) is 8.54. The van der Waals surface area contributed by atoms with Gasteiger partial charge < -0.3 is 10.6 Å². The number of nitrogens with one attached hydrogen (secondary N) is 2. The number of carbonyl (C=O) groups is 2. The maximum Gasteiger partial charge on any atom is 0.279 e. The smallest absolute Gasteiger partial charge is 0.279 e. The van der Waals surface area contributed by atoms with E-state index in [4.69, 9.17) is 0 Å². The summed E-state index contributed by atoms with van der Waals surface area (Å²) in [5, 5.41) is 5.49. The molecule has 21 heavy (non-hydrogen) atoms. The van der Waals surface area contributed by atoms with Crippen molar-refractivity contribution in [2.24, 2.45) is 0 Å². The molecule has 0 bridgehead atoms. The van der Waals surface area contributed by atoms with Crippen LogP contribution in [0.25, 0.3) is 0 Å². The molecule has 4 nitrogen and oxygen atoms in total. The average Bonchev–Trinajstić information content (AvgIpc) is 2.85. The van der Waals surface area contributed by atoms with Crippen molar-refractivity contribution in [1.29, 1.82) is 0 Å². The Morgan fingerprint density at radius 1 is 1.29 bits per heavy atom. The van der Waals surface area contributed by atoms with Gasteiger partial charge in [0.25, 0.3) is 5.24 Å². The predicted octanol–water partition coefficient (Wildman–Crippen LogP) is 3.70. The molecule has 1 aliphatic heterocycles. The first-order valence-electron chi connectivity index (χ1n) is 7.26. The van der Waals surface area contributed by atoms with Gasteiger partial charge in [-0.25, -0.2) is 0 Å². The van der Waals surface area contributed by atoms with Crippen molar-refractivity contribution < 1.29 is 9.59 Å². The lowest BCUT2D eigenvalue weighted by molar-refractivity contribution is -0.117. The second-order valence-corrected chi connectivity index (χ2v) is 6.93. The molecule has 0 radical (unpaired) electrons. The summed E-state index contributed by atoms with van der Waals surface area (Å²) >= 11 is 1.15. The molecule has 5 heteroatoms. The second-order valence-electron chi connectivity index (χ2n) is 5.94. The van der Waals surface area contributed by atoms with Crippen LogP contribution >= 0.6 is 11.8 Å². The highest BCUT2D eigenvalue weighted by atomic mass is 32.2. The van der Waals surface area contributed by atoms with Gasteiger partial charge in [-0.2, -0.15) is 0 Å². The van der Waals surface area contributed by atoms with E-state index in [1.54, 1.807) is 0 Å². The Morgan fingerprint density at radius 2 is 2.00 bits per heavy atom. The molecule has 2 N–H and O–H groups in total. The number of thioether (sulfide) groups is 1. The van der Waals surface area contributed by atoms with Gasteiger partial charge in [0.15, 0.2) is 0 Å². The van der Waals surface area contributed by atoms with Crippen molar-refractivity contribution in [2.45, 2.75) is 45.6 Å². The number of amides is 2. The molecule has 0 spiro atoms. The summed E-state index contributed by atoms with van der Waals surface area (Å²) in [5.41, 5.74) is 3.23. The van der Waals surface area contributed by atoms with Gasteiger partial charge in [-0.1, -0.05) is 51.6 Å². The Hall–Kier alpha value is -1.49. The summed E-state index contributed by atoms with van der Waals surface area (Å²) in [7, 11) is 0. The molecule has 1 saturated heterocycles. The first-order valence-corrected chi connectivity index (χ1v) is 8.25. The maximum atomic E-state index is 12.2. The molecule has 0 aromatic heterocycles. The Bertz CT molecular complexity index is 555. The lowest BCUT2D eigenvalue weighted by Gasteiger charge is -2.18. The maximum absolute atomic E-state index is 12.2. The van der Waals surface area contributed by atoms with Crippen LogP contribution in [-0.4, -0.2) is 22.9 Å². The molecule has 1 aromatic rings. The minimum atomic E-state index is -0.438. The summed E-state index contributed by atoms with van der Waals surface area (Å²) in [5.74, 6) is 1.13. The van der Waals surface area contributed by atoms with Crippen LogP contribution in [0.5, 0.6) is 0 Å². The van der Waals surface area contributed by atoms with Crippen molar-refractivity contribution >= 4 is 28.6 Å². The van der Waals surface area contributed by atoms with Gasteiger partial charge in [0.05, 0.1) is 0 Å². The Kier molecular flexibility index (Phi) is 4.93. The topological polar surface area (TPSA) is 58.2 Å². The summed E-state index contributed by atoms with van der Waals surface area (Å²) in [6, 6.07) is 5.74. The highest BCUT2D eigenvalue weighted by Crippen LogP contribution is 2.28. The highest BCUT2D eigenvalue weighted by Gasteiger charge is 2.28. The third-order valence-corrected chi connectivity index (χ3v) is 4.49. The predicted molar refractivity (Wildman–Crippen MR) is 88.0 cm³/mol. The van der Waals surface area contributed by atoms with Gasteiger partial charge in [0.2, 0.25) is 5.91 Å². The van der Waals surface area contributed by atoms with E-state index >= 15 is 0 Å².